The summed E-state index contributed by atoms with van der Waals surface area (Å²) in [6, 6.07) is 4.88. The third-order valence-corrected chi connectivity index (χ3v) is 5.68. The van der Waals surface area contributed by atoms with Gasteiger partial charge in [0.15, 0.2) is 5.75 Å². The molecular formula is C23H32N4O6. The first kappa shape index (κ1) is 24.5. The largest absolute Gasteiger partial charge is 0.490 e. The van der Waals surface area contributed by atoms with Crippen LogP contribution < -0.4 is 4.74 Å². The minimum Gasteiger partial charge on any atom is -0.490 e. The molecule has 2 heterocycles. The van der Waals surface area contributed by atoms with Gasteiger partial charge in [0.1, 0.15) is 5.60 Å². The summed E-state index contributed by atoms with van der Waals surface area (Å²) < 4.78 is 10.6. The van der Waals surface area contributed by atoms with E-state index in [-0.39, 0.29) is 23.4 Å². The first-order valence-corrected chi connectivity index (χ1v) is 11.1. The normalized spacial score (nSPS) is 17.4. The van der Waals surface area contributed by atoms with E-state index in [0.717, 1.165) is 24.1 Å². The van der Waals surface area contributed by atoms with Crippen LogP contribution in [0.1, 0.15) is 32.8 Å². The maximum absolute atomic E-state index is 12.8. The number of nitrogens with zero attached hydrogens (tertiary/aromatic N) is 4. The lowest BCUT2D eigenvalue weighted by Crippen LogP contribution is -2.53. The molecule has 33 heavy (non-hydrogen) atoms. The number of hydrogen-bond acceptors (Lipinski definition) is 7. The van der Waals surface area contributed by atoms with Gasteiger partial charge in [-0.05, 0) is 50.5 Å². The van der Waals surface area contributed by atoms with Crippen LogP contribution in [-0.4, -0.2) is 90.1 Å². The van der Waals surface area contributed by atoms with Crippen LogP contribution in [0.5, 0.6) is 5.75 Å². The van der Waals surface area contributed by atoms with Crippen molar-refractivity contribution in [3.63, 3.8) is 0 Å². The van der Waals surface area contributed by atoms with Crippen molar-refractivity contribution >= 4 is 23.3 Å². The maximum Gasteiger partial charge on any atom is 0.410 e. The molecule has 180 valence electrons. The van der Waals surface area contributed by atoms with Crippen LogP contribution in [0.2, 0.25) is 0 Å². The second-order valence-electron chi connectivity index (χ2n) is 9.21. The summed E-state index contributed by atoms with van der Waals surface area (Å²) in [7, 11) is 1.42. The molecule has 0 unspecified atom stereocenters. The molecule has 0 radical (unpaired) electrons. The fourth-order valence-electron chi connectivity index (χ4n) is 3.90. The predicted molar refractivity (Wildman–Crippen MR) is 123 cm³/mol. The molecule has 2 aliphatic heterocycles. The number of carbonyl (C=O) groups excluding carboxylic acids is 2. The van der Waals surface area contributed by atoms with Crippen molar-refractivity contribution in [3.05, 3.63) is 40.0 Å². The number of nitro benzene ring substituents is 1. The SMILES string of the molecule is COc1cc(C2=CCN(CC(=O)N3CCN(C(=O)OC(C)(C)C)CC3)CC2)ccc1[N+](=O)[O-]. The first-order chi connectivity index (χ1) is 15.6. The van der Waals surface area contributed by atoms with Crippen molar-refractivity contribution in [1.29, 1.82) is 0 Å². The Morgan fingerprint density at radius 1 is 1.09 bits per heavy atom. The number of ether oxygens (including phenoxy) is 2. The minimum absolute atomic E-state index is 0.0488. The Morgan fingerprint density at radius 3 is 2.30 bits per heavy atom. The van der Waals surface area contributed by atoms with Crippen LogP contribution in [0.25, 0.3) is 5.57 Å². The molecule has 1 fully saturated rings. The third kappa shape index (κ3) is 6.44. The van der Waals surface area contributed by atoms with Crippen molar-refractivity contribution in [1.82, 2.24) is 14.7 Å². The Kier molecular flexibility index (Phi) is 7.57. The maximum atomic E-state index is 12.8. The number of methoxy groups -OCH3 is 1. The van der Waals surface area contributed by atoms with Gasteiger partial charge in [0, 0.05) is 45.3 Å². The van der Waals surface area contributed by atoms with Gasteiger partial charge in [-0.1, -0.05) is 6.08 Å². The summed E-state index contributed by atoms with van der Waals surface area (Å²) in [6.45, 7) is 9.08. The smallest absolute Gasteiger partial charge is 0.410 e. The average Bonchev–Trinajstić information content (AvgIpc) is 2.78. The van der Waals surface area contributed by atoms with Crippen LogP contribution in [-0.2, 0) is 9.53 Å². The van der Waals surface area contributed by atoms with Gasteiger partial charge in [-0.2, -0.15) is 0 Å². The molecule has 1 aromatic rings. The molecule has 3 rings (SSSR count). The van der Waals surface area contributed by atoms with Gasteiger partial charge in [-0.15, -0.1) is 0 Å². The number of amides is 2. The summed E-state index contributed by atoms with van der Waals surface area (Å²) in [5, 5.41) is 11.1. The molecule has 0 N–H and O–H groups in total. The van der Waals surface area contributed by atoms with Crippen molar-refractivity contribution in [2.45, 2.75) is 32.8 Å². The van der Waals surface area contributed by atoms with Crippen LogP contribution in [0.3, 0.4) is 0 Å². The lowest BCUT2D eigenvalue weighted by Gasteiger charge is -2.36. The Morgan fingerprint density at radius 2 is 1.76 bits per heavy atom. The zero-order valence-electron chi connectivity index (χ0n) is 19.7. The standard InChI is InChI=1S/C23H32N4O6/c1-23(2,3)33-22(29)26-13-11-25(12-14-26)21(28)16-24-9-7-17(8-10-24)18-5-6-19(27(30)31)20(15-18)32-4/h5-7,15H,8-14,16H2,1-4H3. The summed E-state index contributed by atoms with van der Waals surface area (Å²) in [5.41, 5.74) is 1.38. The van der Waals surface area contributed by atoms with Gasteiger partial charge in [-0.25, -0.2) is 4.79 Å². The van der Waals surface area contributed by atoms with E-state index in [0.29, 0.717) is 39.3 Å². The number of carbonyl (C=O) groups is 2. The predicted octanol–water partition coefficient (Wildman–Crippen LogP) is 2.77. The van der Waals surface area contributed by atoms with Gasteiger partial charge >= 0.3 is 11.8 Å². The Balaban J connectivity index is 1.50. The van der Waals surface area contributed by atoms with E-state index in [4.69, 9.17) is 9.47 Å². The molecule has 1 saturated heterocycles. The Hall–Kier alpha value is -3.14. The second-order valence-corrected chi connectivity index (χ2v) is 9.21. The van der Waals surface area contributed by atoms with E-state index in [2.05, 4.69) is 11.0 Å². The molecule has 0 spiro atoms. The summed E-state index contributed by atoms with van der Waals surface area (Å²) in [4.78, 5) is 41.1. The number of piperazine rings is 1. The highest BCUT2D eigenvalue weighted by atomic mass is 16.6. The van der Waals surface area contributed by atoms with E-state index in [9.17, 15) is 19.7 Å². The van der Waals surface area contributed by atoms with E-state index in [1.54, 1.807) is 21.9 Å². The van der Waals surface area contributed by atoms with Crippen molar-refractivity contribution in [2.24, 2.45) is 0 Å². The quantitative estimate of drug-likeness (QED) is 0.491. The average molecular weight is 461 g/mol. The Bertz CT molecular complexity index is 931. The van der Waals surface area contributed by atoms with Crippen LogP contribution >= 0.6 is 0 Å². The third-order valence-electron chi connectivity index (χ3n) is 5.68. The van der Waals surface area contributed by atoms with Gasteiger partial charge in [0.05, 0.1) is 18.6 Å². The van der Waals surface area contributed by atoms with Crippen molar-refractivity contribution < 1.29 is 24.0 Å². The molecule has 10 nitrogen and oxygen atoms in total. The zero-order valence-corrected chi connectivity index (χ0v) is 19.7. The number of benzene rings is 1. The number of hydrogen-bond donors (Lipinski definition) is 0. The monoisotopic (exact) mass is 460 g/mol. The number of nitro groups is 1. The van der Waals surface area contributed by atoms with E-state index < -0.39 is 10.5 Å². The van der Waals surface area contributed by atoms with E-state index in [1.165, 1.54) is 13.2 Å². The summed E-state index contributed by atoms with van der Waals surface area (Å²) >= 11 is 0. The van der Waals surface area contributed by atoms with E-state index >= 15 is 0 Å². The molecule has 0 aliphatic carbocycles. The van der Waals surface area contributed by atoms with E-state index in [1.807, 2.05) is 20.8 Å². The number of rotatable bonds is 5. The zero-order chi connectivity index (χ0) is 24.2. The molecule has 2 aliphatic rings. The lowest BCUT2D eigenvalue weighted by atomic mass is 9.99. The summed E-state index contributed by atoms with van der Waals surface area (Å²) in [6.07, 6.45) is 2.45. The fraction of sp³-hybridized carbons (Fsp3) is 0.565. The molecule has 2 amide bonds. The van der Waals surface area contributed by atoms with Gasteiger partial charge < -0.3 is 19.3 Å². The molecule has 0 atom stereocenters. The molecule has 10 heteroatoms. The fourth-order valence-corrected chi connectivity index (χ4v) is 3.90. The van der Waals surface area contributed by atoms with Crippen molar-refractivity contribution in [3.8, 4) is 5.75 Å². The van der Waals surface area contributed by atoms with Crippen LogP contribution in [0.4, 0.5) is 10.5 Å². The molecule has 0 aromatic heterocycles. The lowest BCUT2D eigenvalue weighted by molar-refractivity contribution is -0.385. The second kappa shape index (κ2) is 10.2. The molecule has 0 bridgehead atoms. The Labute approximate surface area is 193 Å². The van der Waals surface area contributed by atoms with Gasteiger partial charge in [0.25, 0.3) is 0 Å². The molecular weight excluding hydrogens is 428 g/mol. The molecule has 0 saturated carbocycles. The minimum atomic E-state index is -0.537. The highest BCUT2D eigenvalue weighted by Gasteiger charge is 2.28. The van der Waals surface area contributed by atoms with Gasteiger partial charge in [-0.3, -0.25) is 19.8 Å². The van der Waals surface area contributed by atoms with Crippen molar-refractivity contribution in [2.75, 3.05) is 52.9 Å². The highest BCUT2D eigenvalue weighted by Crippen LogP contribution is 2.32. The molecule has 1 aromatic carbocycles. The highest BCUT2D eigenvalue weighted by molar-refractivity contribution is 5.79. The topological polar surface area (TPSA) is 105 Å². The van der Waals surface area contributed by atoms with Gasteiger partial charge in [0.2, 0.25) is 5.91 Å². The first-order valence-electron chi connectivity index (χ1n) is 11.1. The van der Waals surface area contributed by atoms with Crippen LogP contribution in [0.15, 0.2) is 24.3 Å². The summed E-state index contributed by atoms with van der Waals surface area (Å²) in [5.74, 6) is 0.286. The van der Waals surface area contributed by atoms with Crippen LogP contribution in [0, 0.1) is 10.1 Å².